The molecule has 22 heavy (non-hydrogen) atoms. The maximum absolute atomic E-state index is 12.4. The van der Waals surface area contributed by atoms with Crippen LogP contribution in [0.3, 0.4) is 0 Å². The average molecular weight is 301 g/mol. The zero-order valence-electron chi connectivity index (χ0n) is 13.3. The molecule has 0 bridgehead atoms. The van der Waals surface area contributed by atoms with Gasteiger partial charge in [0.25, 0.3) is 0 Å². The number of benzene rings is 1. The summed E-state index contributed by atoms with van der Waals surface area (Å²) in [6.45, 7) is 6.02. The summed E-state index contributed by atoms with van der Waals surface area (Å²) in [4.78, 5) is 23.7. The van der Waals surface area contributed by atoms with Crippen molar-refractivity contribution in [2.24, 2.45) is 11.8 Å². The first-order chi connectivity index (χ1) is 10.4. The molecule has 0 spiro atoms. The smallest absolute Gasteiger partial charge is 0.307 e. The zero-order chi connectivity index (χ0) is 16.3. The number of amides is 1. The topological polar surface area (TPSA) is 66.4 Å². The van der Waals surface area contributed by atoms with Gasteiger partial charge in [-0.3, -0.25) is 9.59 Å². The van der Waals surface area contributed by atoms with E-state index in [1.807, 2.05) is 45.1 Å². The van der Waals surface area contributed by atoms with Crippen molar-refractivity contribution in [1.82, 2.24) is 5.32 Å². The van der Waals surface area contributed by atoms with E-state index >= 15 is 0 Å². The van der Waals surface area contributed by atoms with Crippen LogP contribution in [-0.4, -0.2) is 17.0 Å². The van der Waals surface area contributed by atoms with Gasteiger partial charge in [-0.15, -0.1) is 0 Å². The van der Waals surface area contributed by atoms with Gasteiger partial charge in [0, 0.05) is 0 Å². The third kappa shape index (κ3) is 3.56. The van der Waals surface area contributed by atoms with Gasteiger partial charge in [-0.1, -0.05) is 30.4 Å². The predicted molar refractivity (Wildman–Crippen MR) is 85.5 cm³/mol. The predicted octanol–water partition coefficient (Wildman–Crippen LogP) is 3.15. The van der Waals surface area contributed by atoms with Gasteiger partial charge < -0.3 is 10.4 Å². The van der Waals surface area contributed by atoms with Crippen LogP contribution in [0.15, 0.2) is 30.4 Å². The molecule has 1 amide bonds. The third-order valence-corrected chi connectivity index (χ3v) is 4.48. The van der Waals surface area contributed by atoms with Crippen molar-refractivity contribution in [1.29, 1.82) is 0 Å². The van der Waals surface area contributed by atoms with Crippen LogP contribution in [0.4, 0.5) is 0 Å². The fourth-order valence-corrected chi connectivity index (χ4v) is 2.81. The van der Waals surface area contributed by atoms with Crippen LogP contribution >= 0.6 is 0 Å². The second-order valence-electron chi connectivity index (χ2n) is 6.07. The van der Waals surface area contributed by atoms with Crippen molar-refractivity contribution in [3.63, 3.8) is 0 Å². The maximum atomic E-state index is 12.4. The molecule has 2 rings (SSSR count). The van der Waals surface area contributed by atoms with Crippen molar-refractivity contribution < 1.29 is 14.7 Å². The Morgan fingerprint density at radius 1 is 1.14 bits per heavy atom. The van der Waals surface area contributed by atoms with Crippen LogP contribution < -0.4 is 5.32 Å². The van der Waals surface area contributed by atoms with Crippen molar-refractivity contribution in [2.45, 2.75) is 39.7 Å². The van der Waals surface area contributed by atoms with Crippen molar-refractivity contribution in [2.75, 3.05) is 0 Å². The van der Waals surface area contributed by atoms with Crippen LogP contribution in [0.2, 0.25) is 0 Å². The molecule has 0 unspecified atom stereocenters. The van der Waals surface area contributed by atoms with E-state index in [-0.39, 0.29) is 11.9 Å². The number of allylic oxidation sites excluding steroid dienone is 2. The molecule has 0 radical (unpaired) electrons. The normalized spacial score (nSPS) is 22.1. The van der Waals surface area contributed by atoms with E-state index in [1.54, 1.807) is 0 Å². The monoisotopic (exact) mass is 301 g/mol. The molecule has 0 heterocycles. The lowest BCUT2D eigenvalue weighted by Crippen LogP contribution is -2.39. The van der Waals surface area contributed by atoms with E-state index in [1.165, 1.54) is 11.1 Å². The van der Waals surface area contributed by atoms with Crippen molar-refractivity contribution >= 4 is 11.9 Å². The van der Waals surface area contributed by atoms with E-state index in [9.17, 15) is 14.7 Å². The molecule has 1 aliphatic carbocycles. The molecule has 0 saturated heterocycles. The van der Waals surface area contributed by atoms with Gasteiger partial charge in [0.15, 0.2) is 0 Å². The van der Waals surface area contributed by atoms with E-state index in [0.29, 0.717) is 12.8 Å². The molecule has 4 nitrogen and oxygen atoms in total. The minimum Gasteiger partial charge on any atom is -0.481 e. The summed E-state index contributed by atoms with van der Waals surface area (Å²) in [5.41, 5.74) is 3.43. The Bertz CT molecular complexity index is 606. The molecule has 3 atom stereocenters. The van der Waals surface area contributed by atoms with Crippen LogP contribution in [0, 0.1) is 25.7 Å². The molecule has 1 aromatic rings. The highest BCUT2D eigenvalue weighted by atomic mass is 16.4. The van der Waals surface area contributed by atoms with Crippen molar-refractivity contribution in [3.8, 4) is 0 Å². The minimum absolute atomic E-state index is 0.132. The Labute approximate surface area is 131 Å². The van der Waals surface area contributed by atoms with E-state index in [2.05, 4.69) is 11.4 Å². The largest absolute Gasteiger partial charge is 0.481 e. The number of carbonyl (C=O) groups excluding carboxylic acids is 1. The molecule has 0 aromatic heterocycles. The number of hydrogen-bond acceptors (Lipinski definition) is 2. The molecule has 118 valence electrons. The molecule has 0 saturated carbocycles. The Kier molecular flexibility index (Phi) is 5.01. The van der Waals surface area contributed by atoms with Gasteiger partial charge >= 0.3 is 5.97 Å². The fourth-order valence-electron chi connectivity index (χ4n) is 2.81. The summed E-state index contributed by atoms with van der Waals surface area (Å²) in [6.07, 6.45) is 4.65. The number of nitrogens with one attached hydrogen (secondary N) is 1. The highest BCUT2D eigenvalue weighted by molar-refractivity contribution is 5.85. The summed E-state index contributed by atoms with van der Waals surface area (Å²) in [6, 6.07) is 5.97. The van der Waals surface area contributed by atoms with Crippen LogP contribution in [0.1, 0.15) is 42.5 Å². The maximum Gasteiger partial charge on any atom is 0.307 e. The second-order valence-corrected chi connectivity index (χ2v) is 6.07. The molecule has 2 N–H and O–H groups in total. The summed E-state index contributed by atoms with van der Waals surface area (Å²) in [5, 5.41) is 12.2. The average Bonchev–Trinajstić information content (AvgIpc) is 2.49. The highest BCUT2D eigenvalue weighted by Crippen LogP contribution is 2.27. The molecule has 0 fully saturated rings. The van der Waals surface area contributed by atoms with Gasteiger partial charge in [-0.25, -0.2) is 0 Å². The quantitative estimate of drug-likeness (QED) is 0.840. The molecule has 1 aliphatic rings. The van der Waals surface area contributed by atoms with Gasteiger partial charge in [0.1, 0.15) is 0 Å². The zero-order valence-corrected chi connectivity index (χ0v) is 13.3. The summed E-state index contributed by atoms with van der Waals surface area (Å²) in [5.74, 6) is -2.20. The van der Waals surface area contributed by atoms with Crippen LogP contribution in [0.25, 0.3) is 0 Å². The van der Waals surface area contributed by atoms with Gasteiger partial charge in [0.2, 0.25) is 5.91 Å². The molecular weight excluding hydrogens is 278 g/mol. The highest BCUT2D eigenvalue weighted by Gasteiger charge is 2.34. The number of carboxylic acids is 1. The molecule has 1 aromatic carbocycles. The Morgan fingerprint density at radius 3 is 2.36 bits per heavy atom. The SMILES string of the molecule is Cc1ccc([C@@H](C)NC(=O)[C@H]2CC=CC[C@@H]2C(=O)O)cc1C. The summed E-state index contributed by atoms with van der Waals surface area (Å²) < 4.78 is 0. The number of carboxylic acid groups (broad SMARTS) is 1. The van der Waals surface area contributed by atoms with Gasteiger partial charge in [-0.05, 0) is 50.3 Å². The third-order valence-electron chi connectivity index (χ3n) is 4.48. The number of carbonyl (C=O) groups is 2. The lowest BCUT2D eigenvalue weighted by molar-refractivity contribution is -0.147. The number of rotatable bonds is 4. The first-order valence-corrected chi connectivity index (χ1v) is 7.65. The van der Waals surface area contributed by atoms with Crippen LogP contribution in [0.5, 0.6) is 0 Å². The first kappa shape index (κ1) is 16.3. The second kappa shape index (κ2) is 6.77. The Morgan fingerprint density at radius 2 is 1.77 bits per heavy atom. The number of aryl methyl sites for hydroxylation is 2. The van der Waals surface area contributed by atoms with Crippen LogP contribution in [-0.2, 0) is 9.59 Å². The molecular formula is C18H23NO3. The first-order valence-electron chi connectivity index (χ1n) is 7.65. The van der Waals surface area contributed by atoms with E-state index in [0.717, 1.165) is 5.56 Å². The standard InChI is InChI=1S/C18H23NO3/c1-11-8-9-14(10-12(11)2)13(3)19-17(20)15-6-4-5-7-16(15)18(21)22/h4-5,8-10,13,15-16H,6-7H2,1-3H3,(H,19,20)(H,21,22)/t13-,15+,16+/m1/s1. The minimum atomic E-state index is -0.900. The fraction of sp³-hybridized carbons (Fsp3) is 0.444. The summed E-state index contributed by atoms with van der Waals surface area (Å²) in [7, 11) is 0. The van der Waals surface area contributed by atoms with E-state index < -0.39 is 17.8 Å². The molecule has 4 heteroatoms. The molecule has 0 aliphatic heterocycles. The Balaban J connectivity index is 2.08. The Hall–Kier alpha value is -2.10. The summed E-state index contributed by atoms with van der Waals surface area (Å²) >= 11 is 0. The lowest BCUT2D eigenvalue weighted by atomic mass is 9.82. The number of hydrogen-bond donors (Lipinski definition) is 2. The van der Waals surface area contributed by atoms with Crippen molar-refractivity contribution in [3.05, 3.63) is 47.0 Å². The van der Waals surface area contributed by atoms with E-state index in [4.69, 9.17) is 0 Å². The van der Waals surface area contributed by atoms with Gasteiger partial charge in [0.05, 0.1) is 17.9 Å². The number of aliphatic carboxylic acids is 1. The van der Waals surface area contributed by atoms with Gasteiger partial charge in [-0.2, -0.15) is 0 Å². The lowest BCUT2D eigenvalue weighted by Gasteiger charge is -2.26.